The molecule has 9 nitrogen and oxygen atoms in total. The zero-order valence-electron chi connectivity index (χ0n) is 28.3. The largest absolute Gasteiger partial charge is 0.465 e. The molecule has 5 rings (SSSR count). The summed E-state index contributed by atoms with van der Waals surface area (Å²) in [6.45, 7) is 1.05. The third-order valence-corrected chi connectivity index (χ3v) is 9.29. The number of nitrogens with one attached hydrogen (secondary N) is 3. The Bertz CT molecular complexity index is 1660. The lowest BCUT2D eigenvalue weighted by Gasteiger charge is -2.36. The molecule has 0 aliphatic carbocycles. The average Bonchev–Trinajstić information content (AvgIpc) is 3.14. The van der Waals surface area contributed by atoms with Gasteiger partial charge in [-0.25, -0.2) is 4.79 Å². The number of benzene rings is 4. The smallest absolute Gasteiger partial charge is 0.405 e. The first kappa shape index (κ1) is 35.9. The van der Waals surface area contributed by atoms with Crippen molar-refractivity contribution in [3.8, 4) is 0 Å². The Balaban J connectivity index is 1.12. The number of nitrogens with zero attached hydrogens (tertiary/aromatic N) is 1. The average molecular weight is 675 g/mol. The SMILES string of the molecule is O=C(O)NC(CCCCNC(=O)C1Cc2ccccc2CN1C(=O)CCCc1ccccc1)C(=O)NCC(c1ccccc1)c1ccccc1. The number of carboxylic acid groups (broad SMARTS) is 1. The number of carbonyl (C=O) groups excluding carboxylic acids is 3. The molecular weight excluding hydrogens is 628 g/mol. The van der Waals surface area contributed by atoms with Crippen LogP contribution >= 0.6 is 0 Å². The van der Waals surface area contributed by atoms with Crippen LogP contribution in [0, 0.1) is 0 Å². The van der Waals surface area contributed by atoms with Crippen molar-refractivity contribution in [2.75, 3.05) is 13.1 Å². The number of rotatable bonds is 16. The van der Waals surface area contributed by atoms with Crippen molar-refractivity contribution in [2.45, 2.75) is 69.5 Å². The van der Waals surface area contributed by atoms with Crippen molar-refractivity contribution in [3.05, 3.63) is 143 Å². The highest BCUT2D eigenvalue weighted by atomic mass is 16.4. The number of hydrogen-bond acceptors (Lipinski definition) is 4. The number of hydrogen-bond donors (Lipinski definition) is 4. The van der Waals surface area contributed by atoms with E-state index in [1.165, 1.54) is 5.56 Å². The fourth-order valence-corrected chi connectivity index (χ4v) is 6.60. The Kier molecular flexibility index (Phi) is 13.2. The molecule has 2 unspecified atom stereocenters. The minimum absolute atomic E-state index is 0.0362. The number of carbonyl (C=O) groups is 4. The van der Waals surface area contributed by atoms with Gasteiger partial charge in [-0.05, 0) is 59.9 Å². The summed E-state index contributed by atoms with van der Waals surface area (Å²) in [7, 11) is 0. The van der Waals surface area contributed by atoms with Gasteiger partial charge in [-0.2, -0.15) is 0 Å². The zero-order chi connectivity index (χ0) is 35.1. The zero-order valence-corrected chi connectivity index (χ0v) is 28.3. The van der Waals surface area contributed by atoms with Crippen molar-refractivity contribution in [1.29, 1.82) is 0 Å². The number of fused-ring (bicyclic) bond motifs is 1. The van der Waals surface area contributed by atoms with Gasteiger partial charge in [-0.3, -0.25) is 14.4 Å². The highest BCUT2D eigenvalue weighted by Gasteiger charge is 2.34. The van der Waals surface area contributed by atoms with Gasteiger partial charge >= 0.3 is 6.09 Å². The maximum absolute atomic E-state index is 13.5. The third kappa shape index (κ3) is 10.3. The lowest BCUT2D eigenvalue weighted by molar-refractivity contribution is -0.141. The fraction of sp³-hybridized carbons (Fsp3) is 0.317. The Hall–Kier alpha value is -5.44. The van der Waals surface area contributed by atoms with Crippen molar-refractivity contribution in [1.82, 2.24) is 20.9 Å². The summed E-state index contributed by atoms with van der Waals surface area (Å²) >= 11 is 0. The number of aryl methyl sites for hydroxylation is 1. The molecular formula is C41H46N4O5. The first-order valence-electron chi connectivity index (χ1n) is 17.4. The first-order chi connectivity index (χ1) is 24.4. The molecule has 0 fully saturated rings. The first-order valence-corrected chi connectivity index (χ1v) is 17.4. The van der Waals surface area contributed by atoms with Crippen LogP contribution in [0.25, 0.3) is 0 Å². The molecule has 1 aliphatic heterocycles. The third-order valence-electron chi connectivity index (χ3n) is 9.29. The number of amides is 4. The molecule has 50 heavy (non-hydrogen) atoms. The van der Waals surface area contributed by atoms with E-state index in [9.17, 15) is 24.3 Å². The molecule has 2 atom stereocenters. The van der Waals surface area contributed by atoms with Gasteiger partial charge in [0.1, 0.15) is 12.1 Å². The summed E-state index contributed by atoms with van der Waals surface area (Å²) < 4.78 is 0. The van der Waals surface area contributed by atoms with Crippen LogP contribution in [0.1, 0.15) is 65.8 Å². The van der Waals surface area contributed by atoms with Gasteiger partial charge in [0.15, 0.2) is 0 Å². The van der Waals surface area contributed by atoms with Crippen LogP contribution < -0.4 is 16.0 Å². The highest BCUT2D eigenvalue weighted by Crippen LogP contribution is 2.26. The molecule has 1 aliphatic rings. The molecule has 0 saturated carbocycles. The predicted molar refractivity (Wildman–Crippen MR) is 193 cm³/mol. The molecule has 4 aromatic rings. The lowest BCUT2D eigenvalue weighted by Crippen LogP contribution is -2.52. The Labute approximate surface area is 294 Å². The van der Waals surface area contributed by atoms with Crippen LogP contribution in [-0.4, -0.2) is 59.0 Å². The van der Waals surface area contributed by atoms with Gasteiger partial charge < -0.3 is 26.0 Å². The lowest BCUT2D eigenvalue weighted by atomic mass is 9.91. The van der Waals surface area contributed by atoms with Crippen molar-refractivity contribution >= 4 is 23.8 Å². The molecule has 4 aromatic carbocycles. The van der Waals surface area contributed by atoms with Crippen LogP contribution in [0.4, 0.5) is 4.79 Å². The Morgan fingerprint density at radius 3 is 1.96 bits per heavy atom. The molecule has 0 spiro atoms. The monoisotopic (exact) mass is 674 g/mol. The summed E-state index contributed by atoms with van der Waals surface area (Å²) in [5.74, 6) is -0.729. The highest BCUT2D eigenvalue weighted by molar-refractivity contribution is 5.88. The minimum Gasteiger partial charge on any atom is -0.465 e. The van der Waals surface area contributed by atoms with Crippen LogP contribution in [0.3, 0.4) is 0 Å². The standard InChI is InChI=1S/C41H46N4O5/c46-38(25-14-17-30-15-4-1-5-16-30)45-29-34-23-11-10-22-33(34)27-37(45)40(48)42-26-13-12-24-36(44-41(49)50)39(47)43-28-35(31-18-6-2-7-19-31)32-20-8-3-9-21-32/h1-11,15-16,18-23,35-37,44H,12-14,17,24-29H2,(H,42,48)(H,43,47)(H,49,50). The second kappa shape index (κ2) is 18.4. The van der Waals surface area contributed by atoms with Crippen LogP contribution in [0.2, 0.25) is 0 Å². The normalized spacial score (nSPS) is 14.3. The molecule has 1 heterocycles. The van der Waals surface area contributed by atoms with E-state index in [2.05, 4.69) is 28.1 Å². The van der Waals surface area contributed by atoms with Crippen molar-refractivity contribution in [2.24, 2.45) is 0 Å². The van der Waals surface area contributed by atoms with Crippen molar-refractivity contribution < 1.29 is 24.3 Å². The summed E-state index contributed by atoms with van der Waals surface area (Å²) in [5, 5.41) is 17.8. The maximum Gasteiger partial charge on any atom is 0.405 e. The van der Waals surface area contributed by atoms with Crippen LogP contribution in [-0.2, 0) is 33.8 Å². The molecule has 4 N–H and O–H groups in total. The van der Waals surface area contributed by atoms with E-state index < -0.39 is 24.1 Å². The van der Waals surface area contributed by atoms with E-state index in [0.29, 0.717) is 51.7 Å². The van der Waals surface area contributed by atoms with Gasteiger partial charge in [0, 0.05) is 38.4 Å². The molecule has 0 bridgehead atoms. The van der Waals surface area contributed by atoms with Crippen LogP contribution in [0.15, 0.2) is 115 Å². The Morgan fingerprint density at radius 2 is 1.32 bits per heavy atom. The molecule has 9 heteroatoms. The van der Waals surface area contributed by atoms with E-state index in [4.69, 9.17) is 0 Å². The van der Waals surface area contributed by atoms with E-state index in [0.717, 1.165) is 28.7 Å². The van der Waals surface area contributed by atoms with Gasteiger partial charge in [-0.15, -0.1) is 0 Å². The summed E-state index contributed by atoms with van der Waals surface area (Å²) in [5.41, 5.74) is 5.40. The van der Waals surface area contributed by atoms with Gasteiger partial charge in [0.2, 0.25) is 17.7 Å². The van der Waals surface area contributed by atoms with E-state index in [1.54, 1.807) is 4.90 Å². The number of unbranched alkanes of at least 4 members (excludes halogenated alkanes) is 1. The summed E-state index contributed by atoms with van der Waals surface area (Å²) in [6.07, 6.45) is 2.36. The topological polar surface area (TPSA) is 128 Å². The van der Waals surface area contributed by atoms with Crippen molar-refractivity contribution in [3.63, 3.8) is 0 Å². The molecule has 4 amide bonds. The van der Waals surface area contributed by atoms with Gasteiger partial charge in [0.05, 0.1) is 0 Å². The fourth-order valence-electron chi connectivity index (χ4n) is 6.60. The molecule has 0 aromatic heterocycles. The molecule has 260 valence electrons. The second-order valence-electron chi connectivity index (χ2n) is 12.8. The summed E-state index contributed by atoms with van der Waals surface area (Å²) in [6, 6.07) is 36.2. The molecule has 0 radical (unpaired) electrons. The minimum atomic E-state index is -1.27. The van der Waals surface area contributed by atoms with E-state index in [1.807, 2.05) is 103 Å². The maximum atomic E-state index is 13.5. The Morgan fingerprint density at radius 1 is 0.720 bits per heavy atom. The predicted octanol–water partition coefficient (Wildman–Crippen LogP) is 5.83. The van der Waals surface area contributed by atoms with Gasteiger partial charge in [-0.1, -0.05) is 115 Å². The summed E-state index contributed by atoms with van der Waals surface area (Å²) in [4.78, 5) is 53.4. The molecule has 0 saturated heterocycles. The second-order valence-corrected chi connectivity index (χ2v) is 12.8. The van der Waals surface area contributed by atoms with Gasteiger partial charge in [0.25, 0.3) is 0 Å². The quantitative estimate of drug-likeness (QED) is 0.111. The van der Waals surface area contributed by atoms with E-state index >= 15 is 0 Å². The van der Waals surface area contributed by atoms with E-state index in [-0.39, 0.29) is 24.2 Å². The van der Waals surface area contributed by atoms with Crippen LogP contribution in [0.5, 0.6) is 0 Å².